The van der Waals surface area contributed by atoms with E-state index in [4.69, 9.17) is 5.11 Å². The predicted octanol–water partition coefficient (Wildman–Crippen LogP) is 0.637. The molecular weight excluding hydrogens is 214 g/mol. The van der Waals surface area contributed by atoms with Gasteiger partial charge in [-0.15, -0.1) is 0 Å². The van der Waals surface area contributed by atoms with E-state index < -0.39 is 23.0 Å². The van der Waals surface area contributed by atoms with Crippen LogP contribution >= 0.6 is 0 Å². The largest absolute Gasteiger partial charge is 0.504 e. The second-order valence-corrected chi connectivity index (χ2v) is 3.25. The first-order valence-corrected chi connectivity index (χ1v) is 4.31. The van der Waals surface area contributed by atoms with Crippen molar-refractivity contribution in [2.24, 2.45) is 0 Å². The number of fused-ring (bicyclic) bond motifs is 1. The van der Waals surface area contributed by atoms with Crippen LogP contribution in [0.4, 0.5) is 0 Å². The Balaban J connectivity index is 2.88. The number of hydrogen-bond acceptors (Lipinski definition) is 4. The summed E-state index contributed by atoms with van der Waals surface area (Å²) in [5.74, 6) is -2.11. The molecule has 0 aliphatic carbocycles. The van der Waals surface area contributed by atoms with Gasteiger partial charge in [0.1, 0.15) is 5.69 Å². The van der Waals surface area contributed by atoms with E-state index in [2.05, 4.69) is 4.98 Å². The Kier molecular flexibility index (Phi) is 2.05. The Hall–Kier alpha value is -2.50. The second kappa shape index (κ2) is 3.27. The fourth-order valence-corrected chi connectivity index (χ4v) is 1.41. The quantitative estimate of drug-likeness (QED) is 0.528. The third-order valence-electron chi connectivity index (χ3n) is 2.17. The van der Waals surface area contributed by atoms with Gasteiger partial charge in [-0.1, -0.05) is 0 Å². The van der Waals surface area contributed by atoms with Gasteiger partial charge in [-0.25, -0.2) is 4.79 Å². The molecule has 16 heavy (non-hydrogen) atoms. The van der Waals surface area contributed by atoms with Crippen LogP contribution in [0.25, 0.3) is 10.8 Å². The summed E-state index contributed by atoms with van der Waals surface area (Å²) >= 11 is 0. The lowest BCUT2D eigenvalue weighted by atomic mass is 10.1. The highest BCUT2D eigenvalue weighted by Crippen LogP contribution is 2.28. The molecule has 0 saturated heterocycles. The fourth-order valence-electron chi connectivity index (χ4n) is 1.41. The van der Waals surface area contributed by atoms with Gasteiger partial charge in [0, 0.05) is 0 Å². The molecule has 0 atom stereocenters. The van der Waals surface area contributed by atoms with E-state index in [1.165, 1.54) is 6.07 Å². The molecule has 1 aromatic carbocycles. The number of nitrogens with one attached hydrogen (secondary N) is 1. The monoisotopic (exact) mass is 221 g/mol. The SMILES string of the molecule is O=C(O)c1cc2cc(O)c(O)cc2c(=O)[nH]1. The lowest BCUT2D eigenvalue weighted by molar-refractivity contribution is 0.0690. The Bertz CT molecular complexity index is 643. The van der Waals surface area contributed by atoms with Crippen LogP contribution < -0.4 is 5.56 Å². The zero-order valence-corrected chi connectivity index (χ0v) is 7.89. The molecule has 0 unspecified atom stereocenters. The van der Waals surface area contributed by atoms with Gasteiger partial charge in [0.15, 0.2) is 11.5 Å². The highest BCUT2D eigenvalue weighted by atomic mass is 16.4. The van der Waals surface area contributed by atoms with Gasteiger partial charge in [0.25, 0.3) is 5.56 Å². The lowest BCUT2D eigenvalue weighted by Crippen LogP contribution is -2.12. The first-order valence-electron chi connectivity index (χ1n) is 4.31. The van der Waals surface area contributed by atoms with E-state index in [9.17, 15) is 19.8 Å². The number of carbonyl (C=O) groups is 1. The molecule has 6 nitrogen and oxygen atoms in total. The van der Waals surface area contributed by atoms with Gasteiger partial charge >= 0.3 is 5.97 Å². The summed E-state index contributed by atoms with van der Waals surface area (Å²) in [7, 11) is 0. The standard InChI is InChI=1S/C10H7NO5/c12-7-2-4-1-6(10(15)16)11-9(14)5(4)3-8(7)13/h1-3,12-13H,(H,11,14)(H,15,16). The van der Waals surface area contributed by atoms with Gasteiger partial charge < -0.3 is 20.3 Å². The van der Waals surface area contributed by atoms with E-state index in [0.29, 0.717) is 0 Å². The van der Waals surface area contributed by atoms with Crippen LogP contribution in [0.2, 0.25) is 0 Å². The van der Waals surface area contributed by atoms with E-state index in [0.717, 1.165) is 12.1 Å². The number of hydrogen-bond donors (Lipinski definition) is 4. The minimum absolute atomic E-state index is 0.111. The summed E-state index contributed by atoms with van der Waals surface area (Å²) in [4.78, 5) is 24.3. The Labute approximate surface area is 88.4 Å². The van der Waals surface area contributed by atoms with Crippen LogP contribution in [-0.2, 0) is 0 Å². The van der Waals surface area contributed by atoms with Crippen molar-refractivity contribution in [1.82, 2.24) is 4.98 Å². The first-order chi connectivity index (χ1) is 7.49. The molecule has 0 bridgehead atoms. The van der Waals surface area contributed by atoms with Crippen molar-refractivity contribution in [2.75, 3.05) is 0 Å². The first kappa shape index (κ1) is 10.0. The van der Waals surface area contributed by atoms with E-state index in [-0.39, 0.29) is 16.5 Å². The summed E-state index contributed by atoms with van der Waals surface area (Å²) in [6.07, 6.45) is 0. The Morgan fingerprint density at radius 2 is 1.75 bits per heavy atom. The van der Waals surface area contributed by atoms with Gasteiger partial charge in [-0.2, -0.15) is 0 Å². The van der Waals surface area contributed by atoms with Crippen molar-refractivity contribution in [2.45, 2.75) is 0 Å². The maximum Gasteiger partial charge on any atom is 0.352 e. The van der Waals surface area contributed by atoms with Crippen molar-refractivity contribution < 1.29 is 20.1 Å². The maximum atomic E-state index is 11.5. The smallest absolute Gasteiger partial charge is 0.352 e. The molecule has 1 heterocycles. The Morgan fingerprint density at radius 3 is 2.38 bits per heavy atom. The van der Waals surface area contributed by atoms with Crippen LogP contribution in [0.3, 0.4) is 0 Å². The highest BCUT2D eigenvalue weighted by molar-refractivity contribution is 5.93. The number of H-pyrrole nitrogens is 1. The summed E-state index contributed by atoms with van der Waals surface area (Å²) < 4.78 is 0. The number of rotatable bonds is 1. The van der Waals surface area contributed by atoms with Crippen molar-refractivity contribution >= 4 is 16.7 Å². The molecule has 0 spiro atoms. The molecule has 0 aliphatic heterocycles. The van der Waals surface area contributed by atoms with E-state index in [1.54, 1.807) is 0 Å². The molecule has 1 aromatic heterocycles. The molecule has 2 rings (SSSR count). The summed E-state index contributed by atoms with van der Waals surface area (Å²) in [6.45, 7) is 0. The summed E-state index contributed by atoms with van der Waals surface area (Å²) in [5, 5.41) is 27.5. The van der Waals surface area contributed by atoms with E-state index in [1.807, 2.05) is 0 Å². The van der Waals surface area contributed by atoms with Crippen molar-refractivity contribution in [3.05, 3.63) is 34.2 Å². The number of aromatic carboxylic acids is 1. The van der Waals surface area contributed by atoms with Crippen LogP contribution in [0.1, 0.15) is 10.5 Å². The Morgan fingerprint density at radius 1 is 1.12 bits per heavy atom. The van der Waals surface area contributed by atoms with Crippen molar-refractivity contribution in [3.63, 3.8) is 0 Å². The zero-order valence-electron chi connectivity index (χ0n) is 7.89. The topological polar surface area (TPSA) is 111 Å². The number of pyridine rings is 1. The molecule has 0 aliphatic rings. The minimum atomic E-state index is -1.27. The molecule has 2 aromatic rings. The maximum absolute atomic E-state index is 11.5. The molecule has 0 saturated carbocycles. The van der Waals surface area contributed by atoms with Gasteiger partial charge in [-0.3, -0.25) is 4.79 Å². The molecule has 4 N–H and O–H groups in total. The van der Waals surface area contributed by atoms with Gasteiger partial charge in [-0.05, 0) is 23.6 Å². The molecule has 0 fully saturated rings. The van der Waals surface area contributed by atoms with Crippen LogP contribution in [-0.4, -0.2) is 26.3 Å². The number of carboxylic acid groups (broad SMARTS) is 1. The normalized spacial score (nSPS) is 10.5. The number of aromatic amines is 1. The average Bonchev–Trinajstić information content (AvgIpc) is 2.20. The molecule has 0 amide bonds. The lowest BCUT2D eigenvalue weighted by Gasteiger charge is -2.02. The predicted molar refractivity (Wildman–Crippen MR) is 54.9 cm³/mol. The van der Waals surface area contributed by atoms with Gasteiger partial charge in [0.2, 0.25) is 0 Å². The highest BCUT2D eigenvalue weighted by Gasteiger charge is 2.10. The number of phenolic OH excluding ortho intramolecular Hbond substituents is 2. The fraction of sp³-hybridized carbons (Fsp3) is 0. The zero-order chi connectivity index (χ0) is 11.9. The summed E-state index contributed by atoms with van der Waals surface area (Å²) in [6, 6.07) is 3.42. The van der Waals surface area contributed by atoms with Crippen molar-refractivity contribution in [1.29, 1.82) is 0 Å². The second-order valence-electron chi connectivity index (χ2n) is 3.25. The number of aromatic hydroxyl groups is 2. The van der Waals surface area contributed by atoms with Crippen LogP contribution in [0.15, 0.2) is 23.0 Å². The third-order valence-corrected chi connectivity index (χ3v) is 2.17. The van der Waals surface area contributed by atoms with Crippen LogP contribution in [0.5, 0.6) is 11.5 Å². The molecule has 82 valence electrons. The van der Waals surface area contributed by atoms with E-state index >= 15 is 0 Å². The molecule has 0 radical (unpaired) electrons. The minimum Gasteiger partial charge on any atom is -0.504 e. The van der Waals surface area contributed by atoms with Crippen LogP contribution in [0, 0.1) is 0 Å². The number of phenols is 2. The van der Waals surface area contributed by atoms with Gasteiger partial charge in [0.05, 0.1) is 5.39 Å². The number of aromatic nitrogens is 1. The third kappa shape index (κ3) is 1.46. The molecular formula is C10H7NO5. The molecule has 6 heteroatoms. The summed E-state index contributed by atoms with van der Waals surface area (Å²) in [5.41, 5.74) is -0.909. The van der Waals surface area contributed by atoms with Crippen molar-refractivity contribution in [3.8, 4) is 11.5 Å². The average molecular weight is 221 g/mol. The number of benzene rings is 1. The number of carboxylic acids is 1.